The van der Waals surface area contributed by atoms with Gasteiger partial charge in [0.25, 0.3) is 5.91 Å². The van der Waals surface area contributed by atoms with Crippen LogP contribution in [0.5, 0.6) is 5.75 Å². The van der Waals surface area contributed by atoms with Gasteiger partial charge in [0.2, 0.25) is 0 Å². The summed E-state index contributed by atoms with van der Waals surface area (Å²) < 4.78 is 11.5. The van der Waals surface area contributed by atoms with Crippen LogP contribution in [0.1, 0.15) is 80.4 Å². The molecule has 1 amide bonds. The number of nitrogens with zero attached hydrogens (tertiary/aromatic N) is 2. The quantitative estimate of drug-likeness (QED) is 0.222. The van der Waals surface area contributed by atoms with Gasteiger partial charge in [0.1, 0.15) is 18.0 Å². The topological polar surface area (TPSA) is 85.1 Å². The van der Waals surface area contributed by atoms with Crippen molar-refractivity contribution >= 4 is 52.4 Å². The van der Waals surface area contributed by atoms with Gasteiger partial charge in [-0.05, 0) is 109 Å². The molecule has 0 aromatic heterocycles. The Morgan fingerprint density at radius 3 is 2.23 bits per heavy atom. The summed E-state index contributed by atoms with van der Waals surface area (Å²) in [5.74, 6) is 0.685. The fourth-order valence-electron chi connectivity index (χ4n) is 4.89. The molecule has 0 unspecified atom stereocenters. The van der Waals surface area contributed by atoms with Crippen molar-refractivity contribution in [1.29, 1.82) is 0 Å². The summed E-state index contributed by atoms with van der Waals surface area (Å²) in [4.78, 5) is 28.2. The molecule has 0 spiro atoms. The van der Waals surface area contributed by atoms with Crippen molar-refractivity contribution in [2.75, 3.05) is 32.8 Å². The summed E-state index contributed by atoms with van der Waals surface area (Å²) in [6.45, 7) is 18.0. The predicted molar refractivity (Wildman–Crippen MR) is 180 cm³/mol. The van der Waals surface area contributed by atoms with Crippen LogP contribution in [-0.4, -0.2) is 65.2 Å². The standard InChI is InChI=1S/C21H33NO3.C12H14Cl2N2OS/c1-15-13-16(2)19(17(3)14-15)24-12-11-22-9-7-18(8-10-22)20(23)25-21(4,5)6;1-2-3-7-16(12(15)18)11(17)8-5-4-6-9(13)10(8)14/h13-14,18H,7-12H2,1-6H3;4-6H,2-3,7H2,1H3,(H2,15,18). The summed E-state index contributed by atoms with van der Waals surface area (Å²) in [5, 5.41) is 0.604. The van der Waals surface area contributed by atoms with Crippen LogP contribution in [0.25, 0.3) is 0 Å². The minimum atomic E-state index is -0.397. The van der Waals surface area contributed by atoms with Gasteiger partial charge in [0.05, 0.1) is 21.5 Å². The molecule has 0 saturated carbocycles. The lowest BCUT2D eigenvalue weighted by atomic mass is 9.96. The molecule has 1 fully saturated rings. The summed E-state index contributed by atoms with van der Waals surface area (Å²) >= 11 is 16.8. The van der Waals surface area contributed by atoms with Crippen molar-refractivity contribution in [2.24, 2.45) is 11.7 Å². The number of thiocarbonyl (C=S) groups is 1. The number of carbonyl (C=O) groups excluding carboxylic acids is 2. The van der Waals surface area contributed by atoms with Gasteiger partial charge in [-0.2, -0.15) is 0 Å². The maximum absolute atomic E-state index is 12.3. The molecule has 1 heterocycles. The Hall–Kier alpha value is -2.39. The van der Waals surface area contributed by atoms with Crippen LogP contribution < -0.4 is 10.5 Å². The average molecular weight is 653 g/mol. The van der Waals surface area contributed by atoms with E-state index in [9.17, 15) is 9.59 Å². The highest BCUT2D eigenvalue weighted by atomic mass is 35.5. The van der Waals surface area contributed by atoms with Gasteiger partial charge in [0.15, 0.2) is 5.11 Å². The van der Waals surface area contributed by atoms with Crippen molar-refractivity contribution < 1.29 is 19.1 Å². The number of carbonyl (C=O) groups is 2. The lowest BCUT2D eigenvalue weighted by molar-refractivity contribution is -0.161. The SMILES string of the molecule is CCCCN(C(=O)c1cccc(Cl)c1Cl)C(N)=S.Cc1cc(C)c(OCCN2CCC(C(=O)OC(C)(C)C)CC2)c(C)c1. The molecule has 43 heavy (non-hydrogen) atoms. The Morgan fingerprint density at radius 1 is 1.09 bits per heavy atom. The summed E-state index contributed by atoms with van der Waals surface area (Å²) in [5.41, 5.74) is 9.14. The predicted octanol–water partition coefficient (Wildman–Crippen LogP) is 7.52. The zero-order chi connectivity index (χ0) is 32.3. The largest absolute Gasteiger partial charge is 0.492 e. The summed E-state index contributed by atoms with van der Waals surface area (Å²) in [7, 11) is 0. The molecule has 0 radical (unpaired) electrons. The maximum Gasteiger partial charge on any atom is 0.309 e. The van der Waals surface area contributed by atoms with E-state index >= 15 is 0 Å². The van der Waals surface area contributed by atoms with E-state index in [1.807, 2.05) is 27.7 Å². The van der Waals surface area contributed by atoms with Crippen molar-refractivity contribution in [3.05, 3.63) is 62.6 Å². The second kappa shape index (κ2) is 17.2. The van der Waals surface area contributed by atoms with E-state index in [0.29, 0.717) is 23.7 Å². The van der Waals surface area contributed by atoms with Crippen LogP contribution in [-0.2, 0) is 9.53 Å². The summed E-state index contributed by atoms with van der Waals surface area (Å²) in [6, 6.07) is 9.22. The number of nitrogens with two attached hydrogens (primary N) is 1. The molecule has 0 aliphatic carbocycles. The highest BCUT2D eigenvalue weighted by Gasteiger charge is 2.29. The highest BCUT2D eigenvalue weighted by molar-refractivity contribution is 7.80. The first kappa shape index (κ1) is 36.8. The number of likely N-dealkylation sites (tertiary alicyclic amines) is 1. The van der Waals surface area contributed by atoms with Crippen LogP contribution in [0, 0.1) is 26.7 Å². The number of esters is 1. The molecule has 0 bridgehead atoms. The van der Waals surface area contributed by atoms with E-state index < -0.39 is 5.60 Å². The van der Waals surface area contributed by atoms with Gasteiger partial charge in [-0.1, -0.05) is 60.3 Å². The molecule has 10 heteroatoms. The number of hydrogen-bond donors (Lipinski definition) is 1. The molecule has 1 saturated heterocycles. The number of piperidine rings is 1. The Morgan fingerprint density at radius 2 is 1.70 bits per heavy atom. The zero-order valence-corrected chi connectivity index (χ0v) is 28.9. The third-order valence-electron chi connectivity index (χ3n) is 7.01. The van der Waals surface area contributed by atoms with Gasteiger partial charge in [0, 0.05) is 13.1 Å². The Labute approximate surface area is 273 Å². The minimum Gasteiger partial charge on any atom is -0.492 e. The smallest absolute Gasteiger partial charge is 0.309 e. The number of unbranched alkanes of at least 4 members (excludes halogenated alkanes) is 1. The minimum absolute atomic E-state index is 0.0398. The number of ether oxygens (including phenoxy) is 2. The number of amides is 1. The molecule has 238 valence electrons. The first-order valence-electron chi connectivity index (χ1n) is 14.9. The van der Waals surface area contributed by atoms with E-state index in [0.717, 1.165) is 51.1 Å². The molecular weight excluding hydrogens is 605 g/mol. The van der Waals surface area contributed by atoms with Gasteiger partial charge < -0.3 is 15.2 Å². The number of halogens is 2. The van der Waals surface area contributed by atoms with Crippen LogP contribution in [0.15, 0.2) is 30.3 Å². The molecule has 2 N–H and O–H groups in total. The van der Waals surface area contributed by atoms with E-state index in [2.05, 4.69) is 37.8 Å². The van der Waals surface area contributed by atoms with Crippen LogP contribution >= 0.6 is 35.4 Å². The molecule has 0 atom stereocenters. The first-order chi connectivity index (χ1) is 20.1. The number of benzene rings is 2. The average Bonchev–Trinajstić information content (AvgIpc) is 2.91. The van der Waals surface area contributed by atoms with E-state index in [1.54, 1.807) is 18.2 Å². The second-order valence-corrected chi connectivity index (χ2v) is 13.2. The summed E-state index contributed by atoms with van der Waals surface area (Å²) in [6.07, 6.45) is 3.51. The Balaban J connectivity index is 0.000000317. The van der Waals surface area contributed by atoms with Crippen LogP contribution in [0.2, 0.25) is 10.0 Å². The monoisotopic (exact) mass is 651 g/mol. The number of aryl methyl sites for hydroxylation is 3. The maximum atomic E-state index is 12.3. The highest BCUT2D eigenvalue weighted by Crippen LogP contribution is 2.27. The lowest BCUT2D eigenvalue weighted by Crippen LogP contribution is -2.41. The van der Waals surface area contributed by atoms with Gasteiger partial charge in [-0.3, -0.25) is 19.4 Å². The number of hydrogen-bond acceptors (Lipinski definition) is 6. The van der Waals surface area contributed by atoms with Gasteiger partial charge >= 0.3 is 5.97 Å². The fraction of sp³-hybridized carbons (Fsp3) is 0.545. The molecule has 2 aromatic carbocycles. The lowest BCUT2D eigenvalue weighted by Gasteiger charge is -2.32. The molecule has 3 rings (SSSR count). The Bertz CT molecular complexity index is 1230. The molecule has 7 nitrogen and oxygen atoms in total. The fourth-order valence-corrected chi connectivity index (χ4v) is 5.45. The van der Waals surface area contributed by atoms with Crippen molar-refractivity contribution in [2.45, 2.75) is 79.8 Å². The Kier molecular flexibility index (Phi) is 14.7. The second-order valence-electron chi connectivity index (χ2n) is 12.0. The van der Waals surface area contributed by atoms with Crippen LogP contribution in [0.4, 0.5) is 0 Å². The third kappa shape index (κ3) is 11.9. The van der Waals surface area contributed by atoms with Crippen molar-refractivity contribution in [3.8, 4) is 5.75 Å². The normalized spacial score (nSPS) is 14.0. The van der Waals surface area contributed by atoms with E-state index in [-0.39, 0.29) is 27.9 Å². The van der Waals surface area contributed by atoms with Crippen molar-refractivity contribution in [3.63, 3.8) is 0 Å². The molecule has 1 aliphatic rings. The molecular formula is C33H47Cl2N3O4S. The van der Waals surface area contributed by atoms with E-state index in [1.165, 1.54) is 21.6 Å². The molecule has 1 aliphatic heterocycles. The van der Waals surface area contributed by atoms with Gasteiger partial charge in [-0.25, -0.2) is 0 Å². The van der Waals surface area contributed by atoms with Crippen LogP contribution in [0.3, 0.4) is 0 Å². The third-order valence-corrected chi connectivity index (χ3v) is 8.05. The molecule has 2 aromatic rings. The van der Waals surface area contributed by atoms with E-state index in [4.69, 9.17) is 50.6 Å². The first-order valence-corrected chi connectivity index (χ1v) is 16.0. The van der Waals surface area contributed by atoms with Gasteiger partial charge in [-0.15, -0.1) is 0 Å². The number of rotatable bonds is 9. The van der Waals surface area contributed by atoms with Crippen molar-refractivity contribution in [1.82, 2.24) is 9.80 Å². The zero-order valence-electron chi connectivity index (χ0n) is 26.6.